The predicted molar refractivity (Wildman–Crippen MR) is 83.3 cm³/mol. The van der Waals surface area contributed by atoms with Gasteiger partial charge >= 0.3 is 0 Å². The first-order valence-electron chi connectivity index (χ1n) is 6.89. The van der Waals surface area contributed by atoms with Gasteiger partial charge in [-0.15, -0.1) is 0 Å². The van der Waals surface area contributed by atoms with E-state index in [1.807, 2.05) is 6.07 Å². The highest BCUT2D eigenvalue weighted by Gasteiger charge is 2.19. The quantitative estimate of drug-likeness (QED) is 0.664. The zero-order valence-corrected chi connectivity index (χ0v) is 12.2. The maximum atomic E-state index is 6.11. The molecule has 2 aromatic rings. The average molecular weight is 272 g/mol. The number of anilines is 1. The van der Waals surface area contributed by atoms with E-state index in [0.29, 0.717) is 0 Å². The molecule has 2 aromatic carbocycles. The van der Waals surface area contributed by atoms with E-state index in [0.717, 1.165) is 24.5 Å². The van der Waals surface area contributed by atoms with E-state index in [9.17, 15) is 0 Å². The first-order chi connectivity index (χ1) is 9.22. The van der Waals surface area contributed by atoms with Crippen molar-refractivity contribution < 1.29 is 0 Å². The third kappa shape index (κ3) is 2.12. The minimum atomic E-state index is 0.819. The fourth-order valence-corrected chi connectivity index (χ4v) is 3.11. The van der Waals surface area contributed by atoms with Gasteiger partial charge in [-0.25, -0.2) is 0 Å². The molecule has 0 radical (unpaired) electrons. The van der Waals surface area contributed by atoms with Gasteiger partial charge in [0.1, 0.15) is 0 Å². The molecule has 0 aromatic heterocycles. The van der Waals surface area contributed by atoms with Gasteiger partial charge in [-0.05, 0) is 66.8 Å². The molecule has 1 aliphatic carbocycles. The van der Waals surface area contributed by atoms with Crippen molar-refractivity contribution in [3.05, 3.63) is 52.5 Å². The Balaban J connectivity index is 2.04. The van der Waals surface area contributed by atoms with Crippen LogP contribution in [0.25, 0.3) is 11.1 Å². The van der Waals surface area contributed by atoms with E-state index < -0.39 is 0 Å². The van der Waals surface area contributed by atoms with Crippen molar-refractivity contribution in [2.24, 2.45) is 0 Å². The van der Waals surface area contributed by atoms with Crippen LogP contribution in [-0.2, 0) is 6.42 Å². The zero-order valence-electron chi connectivity index (χ0n) is 11.4. The Labute approximate surface area is 119 Å². The standard InChI is InChI=1S/C17H18ClN/c1-3-19(4-2)15-7-8-16-13(10-15)9-12-5-6-14(18)11-17(12)16/h5-8,10-11H,3-4,9H2,1-2H3. The van der Waals surface area contributed by atoms with Crippen molar-refractivity contribution >= 4 is 17.3 Å². The molecule has 1 aliphatic rings. The summed E-state index contributed by atoms with van der Waals surface area (Å²) >= 11 is 6.11. The Bertz CT molecular complexity index is 615. The SMILES string of the molecule is CCN(CC)c1ccc2c(c1)Cc1ccc(Cl)cc1-2. The number of nitrogens with zero attached hydrogens (tertiary/aromatic N) is 1. The maximum Gasteiger partial charge on any atom is 0.0412 e. The van der Waals surface area contributed by atoms with Crippen LogP contribution < -0.4 is 4.90 Å². The number of rotatable bonds is 3. The summed E-state index contributed by atoms with van der Waals surface area (Å²) in [5.41, 5.74) is 6.77. The number of benzene rings is 2. The molecule has 0 saturated heterocycles. The van der Waals surface area contributed by atoms with Crippen LogP contribution in [0.3, 0.4) is 0 Å². The first kappa shape index (κ1) is 12.6. The molecule has 0 heterocycles. The molecular weight excluding hydrogens is 254 g/mol. The summed E-state index contributed by atoms with van der Waals surface area (Å²) in [6.45, 7) is 6.50. The van der Waals surface area contributed by atoms with E-state index in [1.165, 1.54) is 27.9 Å². The van der Waals surface area contributed by atoms with Gasteiger partial charge in [-0.2, -0.15) is 0 Å². The van der Waals surface area contributed by atoms with Crippen molar-refractivity contribution in [1.29, 1.82) is 0 Å². The maximum absolute atomic E-state index is 6.11. The van der Waals surface area contributed by atoms with Gasteiger partial charge in [0.2, 0.25) is 0 Å². The van der Waals surface area contributed by atoms with Crippen LogP contribution in [0.1, 0.15) is 25.0 Å². The van der Waals surface area contributed by atoms with Crippen LogP contribution >= 0.6 is 11.6 Å². The normalized spacial score (nSPS) is 12.2. The summed E-state index contributed by atoms with van der Waals surface area (Å²) in [5.74, 6) is 0. The van der Waals surface area contributed by atoms with Gasteiger partial charge in [-0.3, -0.25) is 0 Å². The summed E-state index contributed by atoms with van der Waals surface area (Å²) in [7, 11) is 0. The van der Waals surface area contributed by atoms with Crippen molar-refractivity contribution in [3.8, 4) is 11.1 Å². The molecule has 0 atom stereocenters. The van der Waals surface area contributed by atoms with Crippen LogP contribution in [0.4, 0.5) is 5.69 Å². The molecule has 0 bridgehead atoms. The molecule has 0 saturated carbocycles. The number of halogens is 1. The minimum absolute atomic E-state index is 0.819. The van der Waals surface area contributed by atoms with Crippen molar-refractivity contribution in [2.75, 3.05) is 18.0 Å². The van der Waals surface area contributed by atoms with E-state index in [4.69, 9.17) is 11.6 Å². The number of hydrogen-bond donors (Lipinski definition) is 0. The fraction of sp³-hybridized carbons (Fsp3) is 0.294. The molecule has 0 fully saturated rings. The highest BCUT2D eigenvalue weighted by Crippen LogP contribution is 2.39. The second-order valence-corrected chi connectivity index (χ2v) is 5.43. The van der Waals surface area contributed by atoms with E-state index in [1.54, 1.807) is 0 Å². The van der Waals surface area contributed by atoms with Crippen molar-refractivity contribution in [3.63, 3.8) is 0 Å². The molecule has 3 rings (SSSR count). The second kappa shape index (κ2) is 4.90. The van der Waals surface area contributed by atoms with Gasteiger partial charge in [0.25, 0.3) is 0 Å². The largest absolute Gasteiger partial charge is 0.372 e. The Kier molecular flexibility index (Phi) is 3.24. The second-order valence-electron chi connectivity index (χ2n) is 4.99. The topological polar surface area (TPSA) is 3.24 Å². The van der Waals surface area contributed by atoms with Gasteiger partial charge in [-0.1, -0.05) is 23.7 Å². The lowest BCUT2D eigenvalue weighted by Crippen LogP contribution is -2.21. The lowest BCUT2D eigenvalue weighted by atomic mass is 10.1. The summed E-state index contributed by atoms with van der Waals surface area (Å²) < 4.78 is 0. The molecule has 19 heavy (non-hydrogen) atoms. The third-order valence-corrected chi connectivity index (χ3v) is 4.20. The van der Waals surface area contributed by atoms with Crippen LogP contribution in [-0.4, -0.2) is 13.1 Å². The minimum Gasteiger partial charge on any atom is -0.372 e. The summed E-state index contributed by atoms with van der Waals surface area (Å²) in [6, 6.07) is 13.0. The summed E-state index contributed by atoms with van der Waals surface area (Å²) in [4.78, 5) is 2.39. The van der Waals surface area contributed by atoms with Gasteiger partial charge in [0.05, 0.1) is 0 Å². The summed E-state index contributed by atoms with van der Waals surface area (Å²) in [6.07, 6.45) is 1.02. The van der Waals surface area contributed by atoms with Gasteiger partial charge < -0.3 is 4.90 Å². The fourth-order valence-electron chi connectivity index (χ4n) is 2.93. The van der Waals surface area contributed by atoms with Crippen molar-refractivity contribution in [1.82, 2.24) is 0 Å². The zero-order chi connectivity index (χ0) is 13.4. The molecule has 0 unspecified atom stereocenters. The molecule has 0 amide bonds. The molecule has 98 valence electrons. The lowest BCUT2D eigenvalue weighted by Gasteiger charge is -2.21. The molecule has 0 aliphatic heterocycles. The van der Waals surface area contributed by atoms with Gasteiger partial charge in [0, 0.05) is 23.8 Å². The van der Waals surface area contributed by atoms with E-state index in [2.05, 4.69) is 49.1 Å². The average Bonchev–Trinajstić information content (AvgIpc) is 2.77. The third-order valence-electron chi connectivity index (χ3n) is 3.96. The molecule has 0 N–H and O–H groups in total. The van der Waals surface area contributed by atoms with Crippen LogP contribution in [0.15, 0.2) is 36.4 Å². The Morgan fingerprint density at radius 2 is 1.74 bits per heavy atom. The monoisotopic (exact) mass is 271 g/mol. The highest BCUT2D eigenvalue weighted by atomic mass is 35.5. The lowest BCUT2D eigenvalue weighted by molar-refractivity contribution is 0.865. The molecule has 2 heteroatoms. The highest BCUT2D eigenvalue weighted by molar-refractivity contribution is 6.31. The number of fused-ring (bicyclic) bond motifs is 3. The smallest absolute Gasteiger partial charge is 0.0412 e. The Morgan fingerprint density at radius 3 is 2.47 bits per heavy atom. The van der Waals surface area contributed by atoms with Gasteiger partial charge in [0.15, 0.2) is 0 Å². The number of hydrogen-bond acceptors (Lipinski definition) is 1. The molecule has 1 nitrogen and oxygen atoms in total. The van der Waals surface area contributed by atoms with Crippen LogP contribution in [0.2, 0.25) is 5.02 Å². The first-order valence-corrected chi connectivity index (χ1v) is 7.27. The van der Waals surface area contributed by atoms with E-state index >= 15 is 0 Å². The Morgan fingerprint density at radius 1 is 0.947 bits per heavy atom. The molecule has 0 spiro atoms. The molecular formula is C17H18ClN. The van der Waals surface area contributed by atoms with E-state index in [-0.39, 0.29) is 0 Å². The van der Waals surface area contributed by atoms with Crippen LogP contribution in [0, 0.1) is 0 Å². The van der Waals surface area contributed by atoms with Crippen LogP contribution in [0.5, 0.6) is 0 Å². The predicted octanol–water partition coefficient (Wildman–Crippen LogP) is 4.76. The summed E-state index contributed by atoms with van der Waals surface area (Å²) in [5, 5.41) is 0.819. The Hall–Kier alpha value is -1.47. The van der Waals surface area contributed by atoms with Crippen molar-refractivity contribution in [2.45, 2.75) is 20.3 Å².